The lowest BCUT2D eigenvalue weighted by atomic mass is 10.1. The highest BCUT2D eigenvalue weighted by Gasteiger charge is 1.99. The van der Waals surface area contributed by atoms with Gasteiger partial charge in [-0.2, -0.15) is 0 Å². The topological polar surface area (TPSA) is 28.7 Å². The van der Waals surface area contributed by atoms with Crippen LogP contribution in [0.5, 0.6) is 0 Å². The number of hydrogen-bond acceptors (Lipinski definition) is 2. The summed E-state index contributed by atoms with van der Waals surface area (Å²) < 4.78 is 0.670. The minimum atomic E-state index is 0.670. The number of para-hydroxylation sites is 1. The van der Waals surface area contributed by atoms with Gasteiger partial charge in [-0.25, -0.2) is 4.98 Å². The Labute approximate surface area is 81.6 Å². The molecule has 13 heavy (non-hydrogen) atoms. The Hall–Kier alpha value is -1.22. The average molecular weight is 190 g/mol. The normalized spacial score (nSPS) is 10.5. The largest absolute Gasteiger partial charge is 0.346 e. The molecule has 0 bridgehead atoms. The van der Waals surface area contributed by atoms with Gasteiger partial charge >= 0.3 is 0 Å². The maximum atomic E-state index is 5.13. The molecule has 0 saturated heterocycles. The Morgan fingerprint density at radius 1 is 1.46 bits per heavy atom. The summed E-state index contributed by atoms with van der Waals surface area (Å²) in [5.74, 6) is 0. The lowest BCUT2D eigenvalue weighted by Gasteiger charge is -2.02. The van der Waals surface area contributed by atoms with Crippen LogP contribution in [0.4, 0.5) is 0 Å². The first-order chi connectivity index (χ1) is 6.33. The molecule has 0 fully saturated rings. The van der Waals surface area contributed by atoms with Crippen LogP contribution in [-0.2, 0) is 6.42 Å². The highest BCUT2D eigenvalue weighted by atomic mass is 32.1. The van der Waals surface area contributed by atoms with Crippen LogP contribution in [0, 0.1) is 4.64 Å². The fourth-order valence-corrected chi connectivity index (χ4v) is 1.69. The van der Waals surface area contributed by atoms with E-state index >= 15 is 0 Å². The number of aromatic nitrogens is 2. The second-order valence-electron chi connectivity index (χ2n) is 2.90. The molecule has 1 aromatic heterocycles. The molecule has 2 rings (SSSR count). The van der Waals surface area contributed by atoms with E-state index < -0.39 is 0 Å². The molecule has 0 aliphatic rings. The van der Waals surface area contributed by atoms with Crippen molar-refractivity contribution < 1.29 is 0 Å². The predicted molar refractivity (Wildman–Crippen MR) is 56.3 cm³/mol. The summed E-state index contributed by atoms with van der Waals surface area (Å²) in [6, 6.07) is 6.13. The summed E-state index contributed by atoms with van der Waals surface area (Å²) in [5.41, 5.74) is 2.40. The molecule has 2 aromatic rings. The van der Waals surface area contributed by atoms with Gasteiger partial charge in [-0.1, -0.05) is 31.3 Å². The Bertz CT molecular complexity index is 487. The van der Waals surface area contributed by atoms with Crippen LogP contribution < -0.4 is 0 Å². The molecule has 1 heterocycles. The molecule has 0 spiro atoms. The van der Waals surface area contributed by atoms with Crippen LogP contribution in [0.1, 0.15) is 12.5 Å². The van der Waals surface area contributed by atoms with E-state index in [9.17, 15) is 0 Å². The number of rotatable bonds is 1. The number of hydrogen-bond donors (Lipinski definition) is 1. The molecule has 0 amide bonds. The zero-order valence-electron chi connectivity index (χ0n) is 7.37. The van der Waals surface area contributed by atoms with Crippen LogP contribution in [0.15, 0.2) is 24.5 Å². The lowest BCUT2D eigenvalue weighted by molar-refractivity contribution is 1.12. The van der Waals surface area contributed by atoms with Crippen molar-refractivity contribution in [2.45, 2.75) is 13.3 Å². The Balaban J connectivity index is 2.92. The summed E-state index contributed by atoms with van der Waals surface area (Å²) in [7, 11) is 0. The van der Waals surface area contributed by atoms with Crippen LogP contribution in [0.3, 0.4) is 0 Å². The summed E-state index contributed by atoms with van der Waals surface area (Å²) in [5, 5.41) is 1.04. The fourth-order valence-electron chi connectivity index (χ4n) is 1.47. The number of aryl methyl sites for hydroxylation is 1. The van der Waals surface area contributed by atoms with Crippen molar-refractivity contribution in [2.75, 3.05) is 0 Å². The summed E-state index contributed by atoms with van der Waals surface area (Å²) in [4.78, 5) is 7.18. The average Bonchev–Trinajstić information content (AvgIpc) is 2.18. The number of nitrogens with one attached hydrogen (secondary N) is 1. The van der Waals surface area contributed by atoms with Crippen molar-refractivity contribution in [3.05, 3.63) is 34.7 Å². The van der Waals surface area contributed by atoms with E-state index in [1.807, 2.05) is 12.1 Å². The van der Waals surface area contributed by atoms with E-state index in [1.54, 1.807) is 6.33 Å². The molecular formula is C10H10N2S. The predicted octanol–water partition coefficient (Wildman–Crippen LogP) is 2.85. The Kier molecular flexibility index (Phi) is 2.10. The van der Waals surface area contributed by atoms with Crippen LogP contribution in [0.25, 0.3) is 10.9 Å². The maximum Gasteiger partial charge on any atom is 0.137 e. The fraction of sp³-hybridized carbons (Fsp3) is 0.200. The molecule has 0 saturated carbocycles. The zero-order valence-corrected chi connectivity index (χ0v) is 8.19. The van der Waals surface area contributed by atoms with Crippen molar-refractivity contribution in [3.63, 3.8) is 0 Å². The van der Waals surface area contributed by atoms with Gasteiger partial charge in [0.25, 0.3) is 0 Å². The second-order valence-corrected chi connectivity index (χ2v) is 3.29. The minimum absolute atomic E-state index is 0.670. The van der Waals surface area contributed by atoms with Crippen molar-refractivity contribution in [1.29, 1.82) is 0 Å². The smallest absolute Gasteiger partial charge is 0.137 e. The zero-order chi connectivity index (χ0) is 9.26. The molecule has 1 N–H and O–H groups in total. The molecular weight excluding hydrogens is 180 g/mol. The number of H-pyrrole nitrogens is 1. The second kappa shape index (κ2) is 3.26. The van der Waals surface area contributed by atoms with Gasteiger partial charge in [-0.3, -0.25) is 0 Å². The lowest BCUT2D eigenvalue weighted by Crippen LogP contribution is -1.88. The minimum Gasteiger partial charge on any atom is -0.346 e. The number of benzene rings is 1. The molecule has 2 nitrogen and oxygen atoms in total. The first-order valence-corrected chi connectivity index (χ1v) is 4.69. The Morgan fingerprint density at radius 2 is 2.31 bits per heavy atom. The van der Waals surface area contributed by atoms with E-state index in [0.717, 1.165) is 17.3 Å². The van der Waals surface area contributed by atoms with Gasteiger partial charge < -0.3 is 4.98 Å². The van der Waals surface area contributed by atoms with E-state index in [-0.39, 0.29) is 0 Å². The van der Waals surface area contributed by atoms with E-state index in [1.165, 1.54) is 5.56 Å². The number of aromatic amines is 1. The van der Waals surface area contributed by atoms with E-state index in [2.05, 4.69) is 23.0 Å². The SMILES string of the molecule is CCc1cccc2c(=S)nc[nH]c12. The standard InChI is InChI=1S/C10H10N2S/c1-2-7-4-3-5-8-9(7)11-6-12-10(8)13/h3-6H,2H2,1H3,(H,11,12,13). The van der Waals surface area contributed by atoms with Gasteiger partial charge in [0.1, 0.15) is 4.64 Å². The third-order valence-electron chi connectivity index (χ3n) is 2.15. The van der Waals surface area contributed by atoms with Gasteiger partial charge in [0, 0.05) is 5.39 Å². The van der Waals surface area contributed by atoms with Crippen LogP contribution in [0.2, 0.25) is 0 Å². The quantitative estimate of drug-likeness (QED) is 0.700. The molecule has 0 radical (unpaired) electrons. The monoisotopic (exact) mass is 190 g/mol. The summed E-state index contributed by atoms with van der Waals surface area (Å²) in [6.45, 7) is 2.13. The van der Waals surface area contributed by atoms with Crippen molar-refractivity contribution in [2.24, 2.45) is 0 Å². The van der Waals surface area contributed by atoms with Crippen molar-refractivity contribution in [1.82, 2.24) is 9.97 Å². The summed E-state index contributed by atoms with van der Waals surface area (Å²) >= 11 is 5.13. The molecule has 0 unspecified atom stereocenters. The number of nitrogens with zero attached hydrogens (tertiary/aromatic N) is 1. The van der Waals surface area contributed by atoms with E-state index in [0.29, 0.717) is 4.64 Å². The molecule has 66 valence electrons. The highest BCUT2D eigenvalue weighted by Crippen LogP contribution is 2.16. The van der Waals surface area contributed by atoms with Gasteiger partial charge in [0.2, 0.25) is 0 Å². The number of fused-ring (bicyclic) bond motifs is 1. The summed E-state index contributed by atoms with van der Waals surface area (Å²) in [6.07, 6.45) is 2.66. The molecule has 0 aliphatic heterocycles. The van der Waals surface area contributed by atoms with Crippen molar-refractivity contribution in [3.8, 4) is 0 Å². The maximum absolute atomic E-state index is 5.13. The first kappa shape index (κ1) is 8.38. The van der Waals surface area contributed by atoms with Gasteiger partial charge in [-0.15, -0.1) is 0 Å². The van der Waals surface area contributed by atoms with Crippen LogP contribution in [-0.4, -0.2) is 9.97 Å². The van der Waals surface area contributed by atoms with Gasteiger partial charge in [-0.05, 0) is 18.1 Å². The highest BCUT2D eigenvalue weighted by molar-refractivity contribution is 7.71. The van der Waals surface area contributed by atoms with Crippen LogP contribution >= 0.6 is 12.2 Å². The first-order valence-electron chi connectivity index (χ1n) is 4.28. The third-order valence-corrected chi connectivity index (χ3v) is 2.48. The molecule has 3 heteroatoms. The van der Waals surface area contributed by atoms with Crippen molar-refractivity contribution >= 4 is 23.1 Å². The van der Waals surface area contributed by atoms with E-state index in [4.69, 9.17) is 12.2 Å². The Morgan fingerprint density at radius 3 is 3.08 bits per heavy atom. The van der Waals surface area contributed by atoms with Gasteiger partial charge in [0.15, 0.2) is 0 Å². The molecule has 1 aromatic carbocycles. The molecule has 0 aliphatic carbocycles. The third kappa shape index (κ3) is 1.35. The van der Waals surface area contributed by atoms with Gasteiger partial charge in [0.05, 0.1) is 11.8 Å². The molecule has 0 atom stereocenters.